The molecule has 0 aliphatic heterocycles. The highest BCUT2D eigenvalue weighted by Crippen LogP contribution is 2.25. The molecule has 0 amide bonds. The van der Waals surface area contributed by atoms with Gasteiger partial charge in [-0.25, -0.2) is 4.39 Å². The second-order valence-corrected chi connectivity index (χ2v) is 2.14. The van der Waals surface area contributed by atoms with E-state index in [2.05, 4.69) is 15.9 Å². The van der Waals surface area contributed by atoms with Crippen LogP contribution >= 0.6 is 15.9 Å². The van der Waals surface area contributed by atoms with E-state index >= 15 is 0 Å². The molecule has 0 aromatic heterocycles. The summed E-state index contributed by atoms with van der Waals surface area (Å²) in [7, 11) is 0. The van der Waals surface area contributed by atoms with E-state index in [-0.39, 0.29) is 4.47 Å². The second kappa shape index (κ2) is 2.35. The fourth-order valence-corrected chi connectivity index (χ4v) is 0.557. The highest BCUT2D eigenvalue weighted by Gasteiger charge is 2.00. The van der Waals surface area contributed by atoms with Crippen molar-refractivity contribution in [3.05, 3.63) is 28.4 Å². The van der Waals surface area contributed by atoms with E-state index in [1.54, 1.807) is 0 Å². The molecule has 1 N–H and O–H groups in total. The van der Waals surface area contributed by atoms with Crippen LogP contribution in [0.3, 0.4) is 0 Å². The third-order valence-corrected chi connectivity index (χ3v) is 1.48. The highest BCUT2D eigenvalue weighted by atomic mass is 79.9. The van der Waals surface area contributed by atoms with Gasteiger partial charge in [0.15, 0.2) is 0 Å². The van der Waals surface area contributed by atoms with Crippen molar-refractivity contribution in [2.75, 3.05) is 0 Å². The van der Waals surface area contributed by atoms with Crippen LogP contribution < -0.4 is 0 Å². The van der Waals surface area contributed by atoms with E-state index in [0.717, 1.165) is 0 Å². The van der Waals surface area contributed by atoms with E-state index in [1.165, 1.54) is 0 Å². The summed E-state index contributed by atoms with van der Waals surface area (Å²) in [5.41, 5.74) is 0. The van der Waals surface area contributed by atoms with Gasteiger partial charge in [-0.3, -0.25) is 0 Å². The molecule has 0 atom stereocenters. The van der Waals surface area contributed by atoms with Crippen LogP contribution in [-0.2, 0) is 0 Å². The van der Waals surface area contributed by atoms with Crippen molar-refractivity contribution in [2.24, 2.45) is 0 Å². The molecule has 0 spiro atoms. The van der Waals surface area contributed by atoms with E-state index < -0.39 is 29.7 Å². The lowest BCUT2D eigenvalue weighted by Gasteiger charge is -1.94. The lowest BCUT2D eigenvalue weighted by atomic mass is 10.3. The number of rotatable bonds is 0. The Morgan fingerprint density at radius 1 is 1.67 bits per heavy atom. The predicted molar refractivity (Wildman–Crippen MR) is 35.8 cm³/mol. The molecule has 0 aliphatic rings. The van der Waals surface area contributed by atoms with Crippen molar-refractivity contribution >= 4 is 15.9 Å². The van der Waals surface area contributed by atoms with Gasteiger partial charge in [-0.1, -0.05) is 6.04 Å². The van der Waals surface area contributed by atoms with Gasteiger partial charge in [0, 0.05) is 0 Å². The summed E-state index contributed by atoms with van der Waals surface area (Å²) >= 11 is 2.67. The van der Waals surface area contributed by atoms with E-state index in [4.69, 9.17) is 9.22 Å². The maximum absolute atomic E-state index is 12.8. The third-order valence-electron chi connectivity index (χ3n) is 0.754. The van der Waals surface area contributed by atoms with E-state index in [1.807, 2.05) is 0 Å². The SMILES string of the molecule is [2H]c1c([2H])c(O)c(Br)c(F)c1[2H]. The summed E-state index contributed by atoms with van der Waals surface area (Å²) < 4.78 is 33.6. The van der Waals surface area contributed by atoms with Gasteiger partial charge >= 0.3 is 0 Å². The Kier molecular flexibility index (Phi) is 0.931. The Balaban J connectivity index is 3.60. The number of phenolic OH excluding ortho intramolecular Hbond substituents is 1. The smallest absolute Gasteiger partial charge is 0.141 e. The van der Waals surface area contributed by atoms with Crippen LogP contribution in [0.4, 0.5) is 4.39 Å². The molecule has 0 saturated carbocycles. The van der Waals surface area contributed by atoms with Crippen LogP contribution in [0, 0.1) is 5.82 Å². The molecule has 1 aromatic rings. The van der Waals surface area contributed by atoms with Crippen molar-refractivity contribution in [3.63, 3.8) is 0 Å². The summed E-state index contributed by atoms with van der Waals surface area (Å²) in [5.74, 6) is -1.66. The van der Waals surface area contributed by atoms with Crippen LogP contribution in [0.15, 0.2) is 22.6 Å². The van der Waals surface area contributed by atoms with Crippen molar-refractivity contribution in [2.45, 2.75) is 0 Å². The minimum Gasteiger partial charge on any atom is -0.507 e. The average Bonchev–Trinajstić information content (AvgIpc) is 2.08. The minimum absolute atomic E-state index is 0.339. The molecule has 1 aromatic carbocycles. The maximum atomic E-state index is 12.8. The maximum Gasteiger partial charge on any atom is 0.141 e. The minimum atomic E-state index is -1.02. The number of aromatic hydroxyl groups is 1. The zero-order valence-corrected chi connectivity index (χ0v) is 5.79. The number of halogens is 2. The first-order valence-corrected chi connectivity index (χ1v) is 2.89. The molecule has 0 bridgehead atoms. The molecule has 0 radical (unpaired) electrons. The summed E-state index contributed by atoms with van der Waals surface area (Å²) in [4.78, 5) is 0. The summed E-state index contributed by atoms with van der Waals surface area (Å²) in [6.45, 7) is 0. The van der Waals surface area contributed by atoms with Crippen LogP contribution in [-0.4, -0.2) is 5.11 Å². The van der Waals surface area contributed by atoms with Gasteiger partial charge < -0.3 is 5.11 Å². The number of phenols is 1. The van der Waals surface area contributed by atoms with Crippen molar-refractivity contribution in [3.8, 4) is 5.75 Å². The standard InChI is InChI=1S/C6H4BrFO/c7-6-4(8)2-1-3-5(6)9/h1-3,9H/i1D,2D,3D. The lowest BCUT2D eigenvalue weighted by Crippen LogP contribution is -1.74. The zero-order chi connectivity index (χ0) is 9.46. The fourth-order valence-electron chi connectivity index (χ4n) is 0.359. The third kappa shape index (κ3) is 1.21. The van der Waals surface area contributed by atoms with Gasteiger partial charge in [0.2, 0.25) is 0 Å². The molecule has 1 nitrogen and oxygen atoms in total. The molecule has 0 saturated heterocycles. The van der Waals surface area contributed by atoms with Crippen molar-refractivity contribution < 1.29 is 13.6 Å². The Morgan fingerprint density at radius 3 is 3.00 bits per heavy atom. The average molecular weight is 194 g/mol. The molecule has 0 unspecified atom stereocenters. The number of hydrogen-bond acceptors (Lipinski definition) is 1. The lowest BCUT2D eigenvalue weighted by molar-refractivity contribution is 0.464. The fraction of sp³-hybridized carbons (Fsp3) is 0. The Hall–Kier alpha value is -0.570. The monoisotopic (exact) mass is 193 g/mol. The summed E-state index contributed by atoms with van der Waals surface area (Å²) in [5, 5.41) is 9.01. The van der Waals surface area contributed by atoms with E-state index in [0.29, 0.717) is 0 Å². The van der Waals surface area contributed by atoms with Gasteiger partial charge in [-0.05, 0) is 28.0 Å². The largest absolute Gasteiger partial charge is 0.507 e. The molecule has 0 heterocycles. The number of benzene rings is 1. The quantitative estimate of drug-likeness (QED) is 0.671. The Morgan fingerprint density at radius 2 is 2.33 bits per heavy atom. The number of hydrogen-bond donors (Lipinski definition) is 1. The van der Waals surface area contributed by atoms with Gasteiger partial charge in [-0.2, -0.15) is 0 Å². The second-order valence-electron chi connectivity index (χ2n) is 1.35. The Bertz CT molecular complexity index is 237. The molecular weight excluding hydrogens is 187 g/mol. The first-order chi connectivity index (χ1) is 5.46. The molecule has 1 rings (SSSR count). The first-order valence-electron chi connectivity index (χ1n) is 3.60. The normalized spacial score (nSPS) is 14.2. The van der Waals surface area contributed by atoms with Crippen LogP contribution in [0.5, 0.6) is 5.75 Å². The van der Waals surface area contributed by atoms with Crippen LogP contribution in [0.1, 0.15) is 4.11 Å². The van der Waals surface area contributed by atoms with Crippen molar-refractivity contribution in [1.82, 2.24) is 0 Å². The van der Waals surface area contributed by atoms with Crippen LogP contribution in [0.2, 0.25) is 0 Å². The van der Waals surface area contributed by atoms with Gasteiger partial charge in [0.05, 0.1) is 8.58 Å². The molecule has 3 heteroatoms. The summed E-state index contributed by atoms with van der Waals surface area (Å²) in [6, 6.07) is -1.86. The van der Waals surface area contributed by atoms with Gasteiger partial charge in [-0.15, -0.1) is 0 Å². The highest BCUT2D eigenvalue weighted by molar-refractivity contribution is 9.10. The molecule has 0 aliphatic carbocycles. The summed E-state index contributed by atoms with van der Waals surface area (Å²) in [6.07, 6.45) is 0. The molecular formula is C6H4BrFO. The Labute approximate surface area is 64.5 Å². The zero-order valence-electron chi connectivity index (χ0n) is 7.20. The van der Waals surface area contributed by atoms with Gasteiger partial charge in [0.25, 0.3) is 0 Å². The predicted octanol–water partition coefficient (Wildman–Crippen LogP) is 2.29. The van der Waals surface area contributed by atoms with Gasteiger partial charge in [0.1, 0.15) is 11.6 Å². The molecule has 0 fully saturated rings. The van der Waals surface area contributed by atoms with E-state index in [9.17, 15) is 4.39 Å². The first kappa shape index (κ1) is 3.56. The van der Waals surface area contributed by atoms with Crippen LogP contribution in [0.25, 0.3) is 0 Å². The molecule has 9 heavy (non-hydrogen) atoms. The topological polar surface area (TPSA) is 20.2 Å². The van der Waals surface area contributed by atoms with Crippen molar-refractivity contribution in [1.29, 1.82) is 0 Å². The molecule has 48 valence electrons.